The van der Waals surface area contributed by atoms with E-state index in [4.69, 9.17) is 0 Å². The summed E-state index contributed by atoms with van der Waals surface area (Å²) in [4.78, 5) is 0. The average molecular weight is 228 g/mol. The molecule has 1 aromatic rings. The second-order valence-electron chi connectivity index (χ2n) is 4.73. The Kier molecular flexibility index (Phi) is 2.96. The quantitative estimate of drug-likeness (QED) is 0.658. The largest absolute Gasteiger partial charge is 0.416 e. The first-order valence-electron chi connectivity index (χ1n) is 5.64. The van der Waals surface area contributed by atoms with E-state index >= 15 is 0 Å². The van der Waals surface area contributed by atoms with Crippen LogP contribution in [0.25, 0.3) is 0 Å². The lowest BCUT2D eigenvalue weighted by molar-refractivity contribution is -0.137. The van der Waals surface area contributed by atoms with E-state index in [0.29, 0.717) is 11.8 Å². The third-order valence-corrected chi connectivity index (χ3v) is 3.40. The third-order valence-electron chi connectivity index (χ3n) is 3.40. The minimum Gasteiger partial charge on any atom is -0.166 e. The molecule has 2 unspecified atom stereocenters. The Morgan fingerprint density at radius 2 is 1.69 bits per heavy atom. The smallest absolute Gasteiger partial charge is 0.166 e. The van der Waals surface area contributed by atoms with Gasteiger partial charge in [0.15, 0.2) is 0 Å². The van der Waals surface area contributed by atoms with E-state index in [1.165, 1.54) is 18.6 Å². The molecule has 0 saturated heterocycles. The van der Waals surface area contributed by atoms with Gasteiger partial charge in [-0.1, -0.05) is 25.5 Å². The van der Waals surface area contributed by atoms with Gasteiger partial charge in [-0.05, 0) is 42.4 Å². The maximum absolute atomic E-state index is 12.4. The summed E-state index contributed by atoms with van der Waals surface area (Å²) in [6.07, 6.45) is -0.828. The molecule has 0 N–H and O–H groups in total. The van der Waals surface area contributed by atoms with Gasteiger partial charge in [0.1, 0.15) is 0 Å². The van der Waals surface area contributed by atoms with E-state index in [1.807, 2.05) is 0 Å². The van der Waals surface area contributed by atoms with Gasteiger partial charge in [-0.15, -0.1) is 0 Å². The Bertz CT molecular complexity index is 350. The molecule has 1 saturated carbocycles. The Hall–Kier alpha value is -0.990. The highest BCUT2D eigenvalue weighted by molar-refractivity contribution is 5.27. The van der Waals surface area contributed by atoms with Crippen LogP contribution in [0.15, 0.2) is 24.3 Å². The fourth-order valence-electron chi connectivity index (χ4n) is 2.45. The Balaban J connectivity index is 2.14. The maximum Gasteiger partial charge on any atom is 0.416 e. The number of rotatable bonds is 1. The summed E-state index contributed by atoms with van der Waals surface area (Å²) >= 11 is 0. The van der Waals surface area contributed by atoms with Crippen molar-refractivity contribution in [2.75, 3.05) is 0 Å². The Morgan fingerprint density at radius 1 is 1.06 bits per heavy atom. The molecule has 0 bridgehead atoms. The lowest BCUT2D eigenvalue weighted by Gasteiger charge is -2.12. The monoisotopic (exact) mass is 228 g/mol. The number of hydrogen-bond acceptors (Lipinski definition) is 0. The van der Waals surface area contributed by atoms with Crippen molar-refractivity contribution < 1.29 is 13.2 Å². The highest BCUT2D eigenvalue weighted by Gasteiger charge is 2.30. The molecule has 0 aromatic heterocycles. The minimum absolute atomic E-state index is 0.456. The van der Waals surface area contributed by atoms with E-state index in [-0.39, 0.29) is 0 Å². The van der Waals surface area contributed by atoms with Crippen molar-refractivity contribution in [3.63, 3.8) is 0 Å². The second kappa shape index (κ2) is 4.11. The molecule has 1 aliphatic carbocycles. The number of alkyl halides is 3. The van der Waals surface area contributed by atoms with Crippen molar-refractivity contribution in [2.24, 2.45) is 5.92 Å². The van der Waals surface area contributed by atoms with Gasteiger partial charge in [-0.2, -0.15) is 13.2 Å². The molecule has 3 heteroatoms. The fourth-order valence-corrected chi connectivity index (χ4v) is 2.45. The van der Waals surface area contributed by atoms with Crippen LogP contribution in [0.4, 0.5) is 13.2 Å². The lowest BCUT2D eigenvalue weighted by Crippen LogP contribution is -2.05. The molecule has 1 fully saturated rings. The van der Waals surface area contributed by atoms with Gasteiger partial charge in [0.25, 0.3) is 0 Å². The summed E-state index contributed by atoms with van der Waals surface area (Å²) in [5.74, 6) is 1.16. The van der Waals surface area contributed by atoms with Crippen LogP contribution in [0.5, 0.6) is 0 Å². The van der Waals surface area contributed by atoms with Crippen molar-refractivity contribution in [1.82, 2.24) is 0 Å². The van der Waals surface area contributed by atoms with Crippen molar-refractivity contribution in [1.29, 1.82) is 0 Å². The first-order valence-corrected chi connectivity index (χ1v) is 5.64. The molecular weight excluding hydrogens is 213 g/mol. The van der Waals surface area contributed by atoms with Gasteiger partial charge in [-0.3, -0.25) is 0 Å². The summed E-state index contributed by atoms with van der Waals surface area (Å²) in [6.45, 7) is 2.20. The third kappa shape index (κ3) is 2.39. The molecule has 88 valence electrons. The molecule has 2 rings (SSSR count). The summed E-state index contributed by atoms with van der Waals surface area (Å²) in [7, 11) is 0. The van der Waals surface area contributed by atoms with Crippen LogP contribution < -0.4 is 0 Å². The van der Waals surface area contributed by atoms with Gasteiger partial charge in [-0.25, -0.2) is 0 Å². The normalized spacial score (nSPS) is 26.0. The molecule has 0 aliphatic heterocycles. The highest BCUT2D eigenvalue weighted by Crippen LogP contribution is 2.38. The van der Waals surface area contributed by atoms with Crippen LogP contribution in [-0.2, 0) is 6.18 Å². The number of hydrogen-bond donors (Lipinski definition) is 0. The van der Waals surface area contributed by atoms with Crippen molar-refractivity contribution >= 4 is 0 Å². The predicted octanol–water partition coefficient (Wildman–Crippen LogP) is 4.61. The van der Waals surface area contributed by atoms with E-state index in [1.54, 1.807) is 12.1 Å². The highest BCUT2D eigenvalue weighted by atomic mass is 19.4. The van der Waals surface area contributed by atoms with Crippen molar-refractivity contribution in [3.05, 3.63) is 35.4 Å². The van der Waals surface area contributed by atoms with E-state index < -0.39 is 11.7 Å². The summed E-state index contributed by atoms with van der Waals surface area (Å²) in [5, 5.41) is 0. The van der Waals surface area contributed by atoms with E-state index in [0.717, 1.165) is 18.4 Å². The second-order valence-corrected chi connectivity index (χ2v) is 4.73. The molecule has 0 nitrogen and oxygen atoms in total. The lowest BCUT2D eigenvalue weighted by atomic mass is 9.96. The molecule has 16 heavy (non-hydrogen) atoms. The summed E-state index contributed by atoms with van der Waals surface area (Å²) in [5.41, 5.74) is 0.500. The SMILES string of the molecule is CC1CCC(c2ccc(C(F)(F)F)cc2)C1. The van der Waals surface area contributed by atoms with Gasteiger partial charge in [0.05, 0.1) is 5.56 Å². The molecule has 1 aliphatic rings. The molecule has 1 aromatic carbocycles. The topological polar surface area (TPSA) is 0 Å². The van der Waals surface area contributed by atoms with Gasteiger partial charge in [0.2, 0.25) is 0 Å². The zero-order chi connectivity index (χ0) is 11.8. The Morgan fingerprint density at radius 3 is 2.12 bits per heavy atom. The average Bonchev–Trinajstić information content (AvgIpc) is 2.64. The summed E-state index contributed by atoms with van der Waals surface area (Å²) < 4.78 is 37.1. The van der Waals surface area contributed by atoms with Crippen LogP contribution in [-0.4, -0.2) is 0 Å². The van der Waals surface area contributed by atoms with Crippen molar-refractivity contribution in [3.8, 4) is 0 Å². The number of halogens is 3. The molecule has 2 atom stereocenters. The van der Waals surface area contributed by atoms with Crippen LogP contribution in [0.1, 0.15) is 43.2 Å². The fraction of sp³-hybridized carbons (Fsp3) is 0.538. The standard InChI is InChI=1S/C13H15F3/c1-9-2-3-11(8-9)10-4-6-12(7-5-10)13(14,15)16/h4-7,9,11H,2-3,8H2,1H3. The molecule has 0 amide bonds. The molecule has 0 heterocycles. The maximum atomic E-state index is 12.4. The molecule has 0 radical (unpaired) electrons. The van der Waals surface area contributed by atoms with Gasteiger partial charge >= 0.3 is 6.18 Å². The van der Waals surface area contributed by atoms with E-state index in [9.17, 15) is 13.2 Å². The van der Waals surface area contributed by atoms with Crippen molar-refractivity contribution in [2.45, 2.75) is 38.3 Å². The van der Waals surface area contributed by atoms with Crippen LogP contribution >= 0.6 is 0 Å². The first-order chi connectivity index (χ1) is 7.47. The van der Waals surface area contributed by atoms with E-state index in [2.05, 4.69) is 6.92 Å². The number of benzene rings is 1. The molecular formula is C13H15F3. The zero-order valence-corrected chi connectivity index (χ0v) is 9.22. The van der Waals surface area contributed by atoms with Crippen LogP contribution in [0.2, 0.25) is 0 Å². The minimum atomic E-state index is -4.22. The zero-order valence-electron chi connectivity index (χ0n) is 9.22. The Labute approximate surface area is 93.5 Å². The predicted molar refractivity (Wildman–Crippen MR) is 57.2 cm³/mol. The summed E-state index contributed by atoms with van der Waals surface area (Å²) in [6, 6.07) is 5.65. The van der Waals surface area contributed by atoms with Gasteiger partial charge < -0.3 is 0 Å². The molecule has 0 spiro atoms. The first kappa shape index (κ1) is 11.5. The van der Waals surface area contributed by atoms with Crippen LogP contribution in [0.3, 0.4) is 0 Å². The van der Waals surface area contributed by atoms with Gasteiger partial charge in [0, 0.05) is 0 Å². The van der Waals surface area contributed by atoms with Crippen LogP contribution in [0, 0.1) is 5.92 Å².